The monoisotopic (exact) mass is 414 g/mol. The van der Waals surface area contributed by atoms with E-state index in [1.807, 2.05) is 6.92 Å². The van der Waals surface area contributed by atoms with E-state index < -0.39 is 10.0 Å². The van der Waals surface area contributed by atoms with Gasteiger partial charge in [-0.3, -0.25) is 0 Å². The summed E-state index contributed by atoms with van der Waals surface area (Å²) < 4.78 is 38.1. The zero-order chi connectivity index (χ0) is 15.6. The predicted molar refractivity (Wildman–Crippen MR) is 90.7 cm³/mol. The maximum Gasteiger partial charge on any atom is 0.244 e. The summed E-state index contributed by atoms with van der Waals surface area (Å²) in [4.78, 5) is 0.189. The van der Waals surface area contributed by atoms with Crippen LogP contribution in [0.2, 0.25) is 0 Å². The number of benzene rings is 1. The van der Waals surface area contributed by atoms with Crippen LogP contribution in [0.25, 0.3) is 0 Å². The van der Waals surface area contributed by atoms with Crippen molar-refractivity contribution in [3.8, 4) is 11.5 Å². The van der Waals surface area contributed by atoms with Crippen molar-refractivity contribution in [2.75, 3.05) is 33.9 Å². The van der Waals surface area contributed by atoms with Gasteiger partial charge >= 0.3 is 0 Å². The first kappa shape index (κ1) is 19.5. The molecule has 0 spiro atoms. The third-order valence-electron chi connectivity index (χ3n) is 3.47. The Kier molecular flexibility index (Phi) is 6.94. The molecule has 1 N–H and O–H groups in total. The minimum Gasteiger partial charge on any atom is -0.493 e. The highest BCUT2D eigenvalue weighted by Gasteiger charge is 2.33. The summed E-state index contributed by atoms with van der Waals surface area (Å²) in [5, 5.41) is 3.18. The van der Waals surface area contributed by atoms with Crippen molar-refractivity contribution >= 4 is 38.4 Å². The van der Waals surface area contributed by atoms with E-state index in [1.54, 1.807) is 6.07 Å². The number of nitrogens with one attached hydrogen (secondary N) is 1. The zero-order valence-corrected chi connectivity index (χ0v) is 15.8. The summed E-state index contributed by atoms with van der Waals surface area (Å²) in [6, 6.07) is 3.01. The SMILES string of the molecule is COc1cc(Br)c(S(=O)(=O)N2CCNC[C@@H]2C)cc1OC.Cl. The smallest absolute Gasteiger partial charge is 0.244 e. The van der Waals surface area contributed by atoms with Gasteiger partial charge in [-0.1, -0.05) is 0 Å². The summed E-state index contributed by atoms with van der Waals surface area (Å²) in [5.74, 6) is 0.874. The van der Waals surface area contributed by atoms with Crippen LogP contribution < -0.4 is 14.8 Å². The summed E-state index contributed by atoms with van der Waals surface area (Å²) in [5.41, 5.74) is 0. The first-order chi connectivity index (χ1) is 9.91. The van der Waals surface area contributed by atoms with Gasteiger partial charge in [-0.2, -0.15) is 4.31 Å². The Hall–Kier alpha value is -0.540. The second kappa shape index (κ2) is 7.83. The number of nitrogens with zero attached hydrogens (tertiary/aromatic N) is 1. The molecule has 0 radical (unpaired) electrons. The first-order valence-electron chi connectivity index (χ1n) is 6.56. The van der Waals surface area contributed by atoms with Gasteiger partial charge in [0.2, 0.25) is 10.0 Å². The van der Waals surface area contributed by atoms with Crippen LogP contribution in [0, 0.1) is 0 Å². The quantitative estimate of drug-likeness (QED) is 0.813. The van der Waals surface area contributed by atoms with Gasteiger partial charge in [0.15, 0.2) is 11.5 Å². The van der Waals surface area contributed by atoms with Crippen LogP contribution in [0.4, 0.5) is 0 Å². The van der Waals surface area contributed by atoms with Crippen LogP contribution in [-0.4, -0.2) is 52.6 Å². The van der Waals surface area contributed by atoms with Crippen LogP contribution in [0.5, 0.6) is 11.5 Å². The molecule has 0 saturated carbocycles. The number of hydrogen-bond acceptors (Lipinski definition) is 5. The molecule has 1 atom stereocenters. The molecule has 1 heterocycles. The van der Waals surface area contributed by atoms with E-state index in [0.29, 0.717) is 35.6 Å². The highest BCUT2D eigenvalue weighted by Crippen LogP contribution is 2.37. The van der Waals surface area contributed by atoms with Crippen molar-refractivity contribution in [3.05, 3.63) is 16.6 Å². The first-order valence-corrected chi connectivity index (χ1v) is 8.79. The molecule has 1 aromatic rings. The minimum absolute atomic E-state index is 0. The Labute approximate surface area is 145 Å². The normalized spacial score (nSPS) is 19.4. The van der Waals surface area contributed by atoms with Crippen LogP contribution in [0.15, 0.2) is 21.5 Å². The van der Waals surface area contributed by atoms with E-state index in [0.717, 1.165) is 0 Å². The van der Waals surface area contributed by atoms with Gasteiger partial charge in [0.1, 0.15) is 4.90 Å². The molecule has 1 aliphatic heterocycles. The fourth-order valence-electron chi connectivity index (χ4n) is 2.34. The molecule has 0 amide bonds. The molecular weight excluding hydrogens is 396 g/mol. The van der Waals surface area contributed by atoms with Gasteiger partial charge in [-0.25, -0.2) is 8.42 Å². The Balaban J connectivity index is 0.00000242. The van der Waals surface area contributed by atoms with Crippen molar-refractivity contribution < 1.29 is 17.9 Å². The van der Waals surface area contributed by atoms with Crippen molar-refractivity contribution in [2.45, 2.75) is 17.9 Å². The van der Waals surface area contributed by atoms with E-state index in [1.165, 1.54) is 24.6 Å². The van der Waals surface area contributed by atoms with Crippen LogP contribution in [-0.2, 0) is 10.0 Å². The largest absolute Gasteiger partial charge is 0.493 e. The molecule has 126 valence electrons. The van der Waals surface area contributed by atoms with E-state index >= 15 is 0 Å². The van der Waals surface area contributed by atoms with Crippen molar-refractivity contribution in [1.29, 1.82) is 0 Å². The fourth-order valence-corrected chi connectivity index (χ4v) is 4.97. The number of piperazine rings is 1. The molecule has 0 bridgehead atoms. The summed E-state index contributed by atoms with van der Waals surface area (Å²) >= 11 is 3.32. The van der Waals surface area contributed by atoms with E-state index in [2.05, 4.69) is 21.2 Å². The number of sulfonamides is 1. The van der Waals surface area contributed by atoms with Gasteiger partial charge in [0.05, 0.1) is 14.2 Å². The van der Waals surface area contributed by atoms with Crippen molar-refractivity contribution in [1.82, 2.24) is 9.62 Å². The highest BCUT2D eigenvalue weighted by atomic mass is 79.9. The maximum absolute atomic E-state index is 12.9. The predicted octanol–water partition coefficient (Wildman–Crippen LogP) is 1.87. The van der Waals surface area contributed by atoms with Gasteiger partial charge in [-0.05, 0) is 28.9 Å². The lowest BCUT2D eigenvalue weighted by molar-refractivity contribution is 0.283. The molecule has 22 heavy (non-hydrogen) atoms. The second-order valence-corrected chi connectivity index (χ2v) is 7.52. The molecule has 0 aliphatic carbocycles. The van der Waals surface area contributed by atoms with Crippen LogP contribution in [0.3, 0.4) is 0 Å². The van der Waals surface area contributed by atoms with Gasteiger partial charge in [-0.15, -0.1) is 12.4 Å². The lowest BCUT2D eigenvalue weighted by Crippen LogP contribution is -2.52. The van der Waals surface area contributed by atoms with Crippen molar-refractivity contribution in [3.63, 3.8) is 0 Å². The average Bonchev–Trinajstić information content (AvgIpc) is 2.46. The summed E-state index contributed by atoms with van der Waals surface area (Å²) in [6.07, 6.45) is 0. The van der Waals surface area contributed by atoms with E-state index in [-0.39, 0.29) is 23.3 Å². The maximum atomic E-state index is 12.9. The fraction of sp³-hybridized carbons (Fsp3) is 0.538. The Morgan fingerprint density at radius 1 is 1.27 bits per heavy atom. The third-order valence-corrected chi connectivity index (χ3v) is 6.44. The molecule has 1 fully saturated rings. The summed E-state index contributed by atoms with van der Waals surface area (Å²) in [6.45, 7) is 3.63. The number of halogens is 2. The van der Waals surface area contributed by atoms with Crippen LogP contribution in [0.1, 0.15) is 6.92 Å². The number of methoxy groups -OCH3 is 2. The van der Waals surface area contributed by atoms with Gasteiger partial charge in [0.25, 0.3) is 0 Å². The lowest BCUT2D eigenvalue weighted by Gasteiger charge is -2.33. The third kappa shape index (κ3) is 3.68. The minimum atomic E-state index is -3.59. The van der Waals surface area contributed by atoms with E-state index in [9.17, 15) is 8.42 Å². The van der Waals surface area contributed by atoms with Crippen molar-refractivity contribution in [2.24, 2.45) is 0 Å². The molecule has 0 unspecified atom stereocenters. The second-order valence-electron chi connectivity index (χ2n) is 4.81. The Morgan fingerprint density at radius 3 is 2.41 bits per heavy atom. The van der Waals surface area contributed by atoms with Gasteiger partial charge < -0.3 is 14.8 Å². The molecule has 2 rings (SSSR count). The standard InChI is InChI=1S/C13H19BrN2O4S.ClH/c1-9-8-15-4-5-16(9)21(17,18)13-7-12(20-3)11(19-2)6-10(13)14;/h6-7,9,15H,4-5,8H2,1-3H3;1H/t9-;/m0./s1. The molecule has 6 nitrogen and oxygen atoms in total. The molecular formula is C13H20BrClN2O4S. The summed E-state index contributed by atoms with van der Waals surface area (Å²) in [7, 11) is -0.596. The number of hydrogen-bond donors (Lipinski definition) is 1. The molecule has 1 aliphatic rings. The zero-order valence-electron chi connectivity index (χ0n) is 12.6. The average molecular weight is 416 g/mol. The number of rotatable bonds is 4. The molecule has 0 aromatic heterocycles. The van der Waals surface area contributed by atoms with Crippen LogP contribution >= 0.6 is 28.3 Å². The molecule has 9 heteroatoms. The van der Waals surface area contributed by atoms with Gasteiger partial charge in [0, 0.05) is 36.2 Å². The Morgan fingerprint density at radius 2 is 1.86 bits per heavy atom. The Bertz CT molecular complexity index is 627. The number of ether oxygens (including phenoxy) is 2. The highest BCUT2D eigenvalue weighted by molar-refractivity contribution is 9.10. The topological polar surface area (TPSA) is 67.9 Å². The lowest BCUT2D eigenvalue weighted by atomic mass is 10.3. The van der Waals surface area contributed by atoms with E-state index in [4.69, 9.17) is 9.47 Å². The molecule has 1 aromatic carbocycles. The molecule has 1 saturated heterocycles.